The lowest BCUT2D eigenvalue weighted by Crippen LogP contribution is -2.36. The van der Waals surface area contributed by atoms with Crippen LogP contribution in [0.5, 0.6) is 0 Å². The van der Waals surface area contributed by atoms with Gasteiger partial charge >= 0.3 is 0 Å². The van der Waals surface area contributed by atoms with Gasteiger partial charge in [0, 0.05) is 19.5 Å². The molecule has 1 saturated heterocycles. The average Bonchev–Trinajstić information content (AvgIpc) is 2.38. The number of hydrogen-bond acceptors (Lipinski definition) is 1. The Balaban J connectivity index is 1.65. The van der Waals surface area contributed by atoms with E-state index in [1.807, 2.05) is 11.3 Å². The van der Waals surface area contributed by atoms with Crippen molar-refractivity contribution in [1.82, 2.24) is 4.90 Å². The first-order valence-corrected chi connectivity index (χ1v) is 6.98. The first-order chi connectivity index (χ1) is 7.86. The molecular formula is C14H24NO. The summed E-state index contributed by atoms with van der Waals surface area (Å²) in [6.07, 6.45) is 13.5. The maximum atomic E-state index is 11.9. The van der Waals surface area contributed by atoms with Crippen molar-refractivity contribution in [3.05, 3.63) is 6.42 Å². The van der Waals surface area contributed by atoms with Gasteiger partial charge in [0.1, 0.15) is 0 Å². The van der Waals surface area contributed by atoms with Crippen LogP contribution in [0.25, 0.3) is 0 Å². The molecule has 2 fully saturated rings. The summed E-state index contributed by atoms with van der Waals surface area (Å²) in [7, 11) is 0. The largest absolute Gasteiger partial charge is 0.342 e. The summed E-state index contributed by atoms with van der Waals surface area (Å²) in [4.78, 5) is 13.9. The van der Waals surface area contributed by atoms with E-state index in [0.717, 1.165) is 25.4 Å². The molecule has 1 radical (unpaired) electrons. The van der Waals surface area contributed by atoms with E-state index in [1.54, 1.807) is 0 Å². The van der Waals surface area contributed by atoms with Crippen molar-refractivity contribution in [1.29, 1.82) is 0 Å². The summed E-state index contributed by atoms with van der Waals surface area (Å²) >= 11 is 0. The Morgan fingerprint density at radius 1 is 1.00 bits per heavy atom. The van der Waals surface area contributed by atoms with Crippen LogP contribution >= 0.6 is 0 Å². The Kier molecular flexibility index (Phi) is 4.68. The molecule has 2 aliphatic rings. The van der Waals surface area contributed by atoms with Gasteiger partial charge in [0.15, 0.2) is 0 Å². The minimum Gasteiger partial charge on any atom is -0.342 e. The number of hydrogen-bond donors (Lipinski definition) is 0. The van der Waals surface area contributed by atoms with E-state index < -0.39 is 0 Å². The Morgan fingerprint density at radius 3 is 2.31 bits per heavy atom. The van der Waals surface area contributed by atoms with E-state index in [9.17, 15) is 4.79 Å². The van der Waals surface area contributed by atoms with Crippen molar-refractivity contribution in [3.8, 4) is 0 Å². The minimum absolute atomic E-state index is 0.297. The molecule has 0 unspecified atom stereocenters. The van der Waals surface area contributed by atoms with Crippen LogP contribution in [-0.2, 0) is 4.79 Å². The van der Waals surface area contributed by atoms with Gasteiger partial charge in [0.05, 0.1) is 0 Å². The van der Waals surface area contributed by atoms with Crippen molar-refractivity contribution < 1.29 is 4.79 Å². The second-order valence-corrected chi connectivity index (χ2v) is 5.33. The fourth-order valence-electron chi connectivity index (χ4n) is 2.93. The zero-order valence-electron chi connectivity index (χ0n) is 10.3. The molecule has 1 heterocycles. The molecule has 91 valence electrons. The molecule has 1 saturated carbocycles. The zero-order chi connectivity index (χ0) is 11.2. The number of nitrogens with zero attached hydrogens (tertiary/aromatic N) is 1. The molecule has 0 aromatic rings. The van der Waals surface area contributed by atoms with E-state index >= 15 is 0 Å². The predicted octanol–water partition coefficient (Wildman–Crippen LogP) is 3.17. The molecule has 0 aromatic carbocycles. The van der Waals surface area contributed by atoms with Gasteiger partial charge in [0.25, 0.3) is 0 Å². The van der Waals surface area contributed by atoms with E-state index in [0.29, 0.717) is 5.91 Å². The van der Waals surface area contributed by atoms with Crippen LogP contribution in [0.15, 0.2) is 0 Å². The van der Waals surface area contributed by atoms with Crippen molar-refractivity contribution >= 4 is 5.91 Å². The van der Waals surface area contributed by atoms with Gasteiger partial charge in [-0.15, -0.1) is 0 Å². The number of amides is 1. The van der Waals surface area contributed by atoms with Gasteiger partial charge in [0.2, 0.25) is 5.91 Å². The molecule has 16 heavy (non-hydrogen) atoms. The highest BCUT2D eigenvalue weighted by Gasteiger charge is 2.19. The van der Waals surface area contributed by atoms with Gasteiger partial charge in [-0.3, -0.25) is 4.79 Å². The van der Waals surface area contributed by atoms with Crippen molar-refractivity contribution in [3.63, 3.8) is 0 Å². The molecule has 1 aliphatic heterocycles. The predicted molar refractivity (Wildman–Crippen MR) is 65.9 cm³/mol. The number of carbonyl (C=O) groups is 1. The molecular weight excluding hydrogens is 198 g/mol. The lowest BCUT2D eigenvalue weighted by Gasteiger charge is -2.28. The molecule has 1 amide bonds. The maximum Gasteiger partial charge on any atom is 0.226 e. The summed E-state index contributed by atoms with van der Waals surface area (Å²) in [5.41, 5.74) is 0. The Bertz CT molecular complexity index is 215. The first-order valence-electron chi connectivity index (χ1n) is 6.98. The summed E-state index contributed by atoms with van der Waals surface area (Å²) in [5.74, 6) is 1.09. The smallest absolute Gasteiger partial charge is 0.226 e. The second kappa shape index (κ2) is 6.27. The van der Waals surface area contributed by atoms with Crippen LogP contribution < -0.4 is 0 Å². The molecule has 1 aliphatic carbocycles. The lowest BCUT2D eigenvalue weighted by atomic mass is 9.86. The number of piperidine rings is 1. The molecule has 0 spiro atoms. The summed E-state index contributed by atoms with van der Waals surface area (Å²) in [6, 6.07) is 0. The van der Waals surface area contributed by atoms with Crippen molar-refractivity contribution in [2.75, 3.05) is 13.1 Å². The highest BCUT2D eigenvalue weighted by Crippen LogP contribution is 2.27. The number of likely N-dealkylation sites (tertiary alicyclic amines) is 1. The first kappa shape index (κ1) is 11.9. The van der Waals surface area contributed by atoms with E-state index in [-0.39, 0.29) is 0 Å². The third-order valence-corrected chi connectivity index (χ3v) is 4.02. The standard InChI is InChI=1S/C14H24NO/c16-14(15-11-5-2-6-12-15)10-9-13-7-3-1-4-8-13/h10,13H,1-9,11-12H2. The van der Waals surface area contributed by atoms with E-state index in [4.69, 9.17) is 0 Å². The summed E-state index contributed by atoms with van der Waals surface area (Å²) in [6.45, 7) is 1.97. The van der Waals surface area contributed by atoms with Gasteiger partial charge in [-0.25, -0.2) is 0 Å². The highest BCUT2D eigenvalue weighted by molar-refractivity contribution is 5.84. The molecule has 0 bridgehead atoms. The third kappa shape index (κ3) is 3.50. The zero-order valence-corrected chi connectivity index (χ0v) is 10.3. The molecule has 2 nitrogen and oxygen atoms in total. The summed E-state index contributed by atoms with van der Waals surface area (Å²) in [5, 5.41) is 0. The number of carbonyl (C=O) groups excluding carboxylic acids is 1. The quantitative estimate of drug-likeness (QED) is 0.718. The maximum absolute atomic E-state index is 11.9. The average molecular weight is 222 g/mol. The fraction of sp³-hybridized carbons (Fsp3) is 0.857. The van der Waals surface area contributed by atoms with Crippen molar-refractivity contribution in [2.45, 2.75) is 57.8 Å². The van der Waals surface area contributed by atoms with Crippen LogP contribution in [-0.4, -0.2) is 23.9 Å². The Morgan fingerprint density at radius 2 is 1.62 bits per heavy atom. The molecule has 0 aromatic heterocycles. The van der Waals surface area contributed by atoms with Crippen LogP contribution in [0.4, 0.5) is 0 Å². The molecule has 2 rings (SSSR count). The van der Waals surface area contributed by atoms with Gasteiger partial charge in [-0.1, -0.05) is 32.1 Å². The molecule has 0 atom stereocenters. The second-order valence-electron chi connectivity index (χ2n) is 5.33. The minimum atomic E-state index is 0.297. The molecule has 2 heteroatoms. The Labute approximate surface area is 99.4 Å². The Hall–Kier alpha value is -0.530. The normalized spacial score (nSPS) is 23.4. The van der Waals surface area contributed by atoms with Gasteiger partial charge in [-0.2, -0.15) is 0 Å². The van der Waals surface area contributed by atoms with Gasteiger partial charge < -0.3 is 4.90 Å². The van der Waals surface area contributed by atoms with Crippen LogP contribution in [0.1, 0.15) is 57.8 Å². The number of rotatable bonds is 3. The van der Waals surface area contributed by atoms with Crippen LogP contribution in [0.3, 0.4) is 0 Å². The fourth-order valence-corrected chi connectivity index (χ4v) is 2.93. The SMILES string of the molecule is O=C([CH]CC1CCCCC1)N1CCCCC1. The van der Waals surface area contributed by atoms with Crippen LogP contribution in [0.2, 0.25) is 0 Å². The topological polar surface area (TPSA) is 20.3 Å². The monoisotopic (exact) mass is 222 g/mol. The molecule has 0 N–H and O–H groups in total. The van der Waals surface area contributed by atoms with Crippen LogP contribution in [0, 0.1) is 12.3 Å². The van der Waals surface area contributed by atoms with E-state index in [1.165, 1.54) is 51.4 Å². The highest BCUT2D eigenvalue weighted by atomic mass is 16.2. The van der Waals surface area contributed by atoms with Gasteiger partial charge in [-0.05, 0) is 31.6 Å². The third-order valence-electron chi connectivity index (χ3n) is 4.02. The lowest BCUT2D eigenvalue weighted by molar-refractivity contribution is -0.128. The summed E-state index contributed by atoms with van der Waals surface area (Å²) < 4.78 is 0. The van der Waals surface area contributed by atoms with Crippen molar-refractivity contribution in [2.24, 2.45) is 5.92 Å². The van der Waals surface area contributed by atoms with E-state index in [2.05, 4.69) is 0 Å².